The van der Waals surface area contributed by atoms with Gasteiger partial charge < -0.3 is 9.84 Å². The van der Waals surface area contributed by atoms with Crippen molar-refractivity contribution in [2.45, 2.75) is 6.42 Å². The minimum absolute atomic E-state index is 0.0118. The predicted molar refractivity (Wildman–Crippen MR) is 31.5 cm³/mol. The molecule has 9 heavy (non-hydrogen) atoms. The Morgan fingerprint density at radius 3 is 2.89 bits per heavy atom. The van der Waals surface area contributed by atoms with Crippen LogP contribution in [-0.2, 0) is 9.53 Å². The third-order valence-electron chi connectivity index (χ3n) is 0.653. The van der Waals surface area contributed by atoms with E-state index in [4.69, 9.17) is 5.11 Å². The van der Waals surface area contributed by atoms with Gasteiger partial charge in [-0.1, -0.05) is 0 Å². The summed E-state index contributed by atoms with van der Waals surface area (Å²) in [6.45, 7) is 0.206. The smallest absolute Gasteiger partial charge is 0.384 e. The molecular weight excluding hydrogens is 120 g/mol. The molecule has 3 heteroatoms. The first-order valence-electron chi connectivity index (χ1n) is 2.55. The molecule has 50 valence electrons. The van der Waals surface area contributed by atoms with Crippen LogP contribution in [0.3, 0.4) is 0 Å². The molecule has 0 fully saturated rings. The lowest BCUT2D eigenvalue weighted by Gasteiger charge is -1.95. The van der Waals surface area contributed by atoms with Gasteiger partial charge in [0.05, 0.1) is 6.61 Å². The first kappa shape index (κ1) is 7.99. The fourth-order valence-corrected chi connectivity index (χ4v) is 0.271. The number of rotatable bonds is 3. The number of esters is 1. The molecule has 3 nitrogen and oxygen atoms in total. The number of aliphatic hydroxyl groups is 1. The highest BCUT2D eigenvalue weighted by Crippen LogP contribution is 1.80. The average molecular weight is 128 g/mol. The number of carbonyl (C=O) groups excluding carboxylic acids is 1. The van der Waals surface area contributed by atoms with Crippen LogP contribution < -0.4 is 0 Å². The Balaban J connectivity index is 3.10. The largest absolute Gasteiger partial charge is 0.456 e. The quantitative estimate of drug-likeness (QED) is 0.242. The van der Waals surface area contributed by atoms with Gasteiger partial charge in [0.2, 0.25) is 0 Å². The molecule has 0 aliphatic heterocycles. The first-order chi connectivity index (χ1) is 4.31. The summed E-state index contributed by atoms with van der Waals surface area (Å²) in [6.07, 6.45) is 5.11. The molecule has 0 aromatic rings. The molecule has 1 N–H and O–H groups in total. The zero-order chi connectivity index (χ0) is 7.11. The van der Waals surface area contributed by atoms with Crippen LogP contribution in [0.5, 0.6) is 0 Å². The monoisotopic (exact) mass is 128 g/mol. The summed E-state index contributed by atoms with van der Waals surface area (Å²) in [5.74, 6) is 1.10. The summed E-state index contributed by atoms with van der Waals surface area (Å²) >= 11 is 0. The lowest BCUT2D eigenvalue weighted by molar-refractivity contribution is -0.136. The summed E-state index contributed by atoms with van der Waals surface area (Å²) in [4.78, 5) is 10.1. The van der Waals surface area contributed by atoms with E-state index in [1.807, 2.05) is 0 Å². The van der Waals surface area contributed by atoms with Gasteiger partial charge in [-0.3, -0.25) is 0 Å². The van der Waals surface area contributed by atoms with E-state index >= 15 is 0 Å². The molecule has 0 bridgehead atoms. The average Bonchev–Trinajstić information content (AvgIpc) is 1.89. The maximum absolute atomic E-state index is 10.1. The van der Waals surface area contributed by atoms with E-state index < -0.39 is 5.97 Å². The molecule has 0 spiro atoms. The zero-order valence-corrected chi connectivity index (χ0v) is 4.96. The normalized spacial score (nSPS) is 8.00. The third kappa shape index (κ3) is 4.85. The minimum atomic E-state index is -0.677. The van der Waals surface area contributed by atoms with Crippen LogP contribution in [0.4, 0.5) is 0 Å². The zero-order valence-electron chi connectivity index (χ0n) is 4.96. The molecule has 0 aliphatic carbocycles. The lowest BCUT2D eigenvalue weighted by Crippen LogP contribution is -2.03. The van der Waals surface area contributed by atoms with Crippen LogP contribution in [-0.4, -0.2) is 24.3 Å². The van der Waals surface area contributed by atoms with Crippen molar-refractivity contribution in [2.75, 3.05) is 13.2 Å². The Morgan fingerprint density at radius 2 is 2.44 bits per heavy atom. The summed E-state index contributed by atoms with van der Waals surface area (Å²) in [7, 11) is 0. The van der Waals surface area contributed by atoms with E-state index in [0.717, 1.165) is 0 Å². The molecule has 0 radical (unpaired) electrons. The molecule has 0 aromatic carbocycles. The molecule has 0 saturated heterocycles. The Kier molecular flexibility index (Phi) is 4.56. The van der Waals surface area contributed by atoms with Crippen molar-refractivity contribution >= 4 is 5.97 Å². The van der Waals surface area contributed by atoms with Crippen molar-refractivity contribution in [3.8, 4) is 12.3 Å². The van der Waals surface area contributed by atoms with Gasteiger partial charge in [0, 0.05) is 18.9 Å². The van der Waals surface area contributed by atoms with Crippen molar-refractivity contribution in [3.05, 3.63) is 0 Å². The van der Waals surface area contributed by atoms with Crippen molar-refractivity contribution in [3.63, 3.8) is 0 Å². The second-order valence-corrected chi connectivity index (χ2v) is 1.36. The van der Waals surface area contributed by atoms with E-state index in [0.29, 0.717) is 6.42 Å². The fourth-order valence-electron chi connectivity index (χ4n) is 0.271. The van der Waals surface area contributed by atoms with Gasteiger partial charge in [0.1, 0.15) is 0 Å². The van der Waals surface area contributed by atoms with Crippen LogP contribution in [0.25, 0.3) is 0 Å². The predicted octanol–water partition coefficient (Wildman–Crippen LogP) is -0.455. The molecule has 0 aromatic heterocycles. The van der Waals surface area contributed by atoms with Crippen LogP contribution in [0.1, 0.15) is 6.42 Å². The minimum Gasteiger partial charge on any atom is -0.456 e. The van der Waals surface area contributed by atoms with Gasteiger partial charge >= 0.3 is 5.97 Å². The second-order valence-electron chi connectivity index (χ2n) is 1.36. The highest BCUT2D eigenvalue weighted by molar-refractivity contribution is 5.87. The van der Waals surface area contributed by atoms with Gasteiger partial charge in [-0.25, -0.2) is 4.79 Å². The molecule has 0 amide bonds. The SMILES string of the molecule is C#CC(=O)OCCCO. The Hall–Kier alpha value is -1.01. The van der Waals surface area contributed by atoms with Gasteiger partial charge in [0.15, 0.2) is 0 Å². The Morgan fingerprint density at radius 1 is 1.78 bits per heavy atom. The van der Waals surface area contributed by atoms with Crippen LogP contribution >= 0.6 is 0 Å². The first-order valence-corrected chi connectivity index (χ1v) is 2.55. The number of hydrogen-bond acceptors (Lipinski definition) is 3. The molecule has 0 unspecified atom stereocenters. The van der Waals surface area contributed by atoms with Crippen molar-refractivity contribution < 1.29 is 14.6 Å². The van der Waals surface area contributed by atoms with Crippen LogP contribution in [0, 0.1) is 12.3 Å². The molecule has 0 rings (SSSR count). The summed E-state index contributed by atoms with van der Waals surface area (Å²) in [5, 5.41) is 8.21. The topological polar surface area (TPSA) is 46.5 Å². The Bertz CT molecular complexity index is 123. The lowest BCUT2D eigenvalue weighted by atomic mass is 10.5. The van der Waals surface area contributed by atoms with E-state index in [2.05, 4.69) is 11.2 Å². The fraction of sp³-hybridized carbons (Fsp3) is 0.500. The number of aliphatic hydroxyl groups excluding tert-OH is 1. The summed E-state index contributed by atoms with van der Waals surface area (Å²) in [6, 6.07) is 0. The van der Waals surface area contributed by atoms with Gasteiger partial charge in [-0.15, -0.1) is 6.42 Å². The van der Waals surface area contributed by atoms with E-state index in [1.165, 1.54) is 0 Å². The summed E-state index contributed by atoms with van der Waals surface area (Å²) < 4.78 is 4.40. The van der Waals surface area contributed by atoms with Crippen molar-refractivity contribution in [2.24, 2.45) is 0 Å². The van der Waals surface area contributed by atoms with E-state index in [1.54, 1.807) is 5.92 Å². The number of hydrogen-bond donors (Lipinski definition) is 1. The summed E-state index contributed by atoms with van der Waals surface area (Å²) in [5.41, 5.74) is 0. The van der Waals surface area contributed by atoms with Gasteiger partial charge in [0.25, 0.3) is 0 Å². The van der Waals surface area contributed by atoms with E-state index in [9.17, 15) is 4.79 Å². The van der Waals surface area contributed by atoms with Crippen LogP contribution in [0.2, 0.25) is 0 Å². The third-order valence-corrected chi connectivity index (χ3v) is 0.653. The molecular formula is C6H8O3. The second kappa shape index (κ2) is 5.13. The molecule has 0 aliphatic rings. The number of terminal acetylenes is 1. The highest BCUT2D eigenvalue weighted by Gasteiger charge is 1.92. The Labute approximate surface area is 53.6 Å². The molecule has 0 heterocycles. The maximum atomic E-state index is 10.1. The number of carbonyl (C=O) groups is 1. The molecule has 0 saturated carbocycles. The van der Waals surface area contributed by atoms with Crippen molar-refractivity contribution in [1.82, 2.24) is 0 Å². The highest BCUT2D eigenvalue weighted by atomic mass is 16.5. The van der Waals surface area contributed by atoms with Gasteiger partial charge in [-0.05, 0) is 0 Å². The van der Waals surface area contributed by atoms with Crippen molar-refractivity contribution in [1.29, 1.82) is 0 Å². The maximum Gasteiger partial charge on any atom is 0.384 e. The number of ether oxygens (including phenoxy) is 1. The molecule has 0 atom stereocenters. The standard InChI is InChI=1S/C6H8O3/c1-2-6(8)9-5-3-4-7/h1,7H,3-5H2. The van der Waals surface area contributed by atoms with Crippen LogP contribution in [0.15, 0.2) is 0 Å². The van der Waals surface area contributed by atoms with E-state index in [-0.39, 0.29) is 13.2 Å². The van der Waals surface area contributed by atoms with Gasteiger partial charge in [-0.2, -0.15) is 0 Å².